The van der Waals surface area contributed by atoms with Crippen molar-refractivity contribution in [2.45, 2.75) is 19.8 Å². The zero-order valence-electron chi connectivity index (χ0n) is 21.1. The molecule has 0 saturated carbocycles. The number of benzene rings is 2. The van der Waals surface area contributed by atoms with Gasteiger partial charge in [-0.1, -0.05) is 28.9 Å². The maximum absolute atomic E-state index is 13.0. The molecule has 0 bridgehead atoms. The van der Waals surface area contributed by atoms with Gasteiger partial charge in [0.15, 0.2) is 5.69 Å². The zero-order chi connectivity index (χ0) is 27.7. The number of amides is 1. The average Bonchev–Trinajstić information content (AvgIpc) is 3.52. The van der Waals surface area contributed by atoms with Gasteiger partial charge in [-0.25, -0.2) is 0 Å². The number of piperazine rings is 1. The molecule has 1 aliphatic rings. The molecule has 204 valence electrons. The van der Waals surface area contributed by atoms with Gasteiger partial charge in [-0.15, -0.1) is 13.2 Å². The van der Waals surface area contributed by atoms with E-state index in [1.165, 1.54) is 12.1 Å². The van der Waals surface area contributed by atoms with Crippen LogP contribution in [0.15, 0.2) is 53.1 Å². The number of aromatic nitrogens is 4. The fourth-order valence-electron chi connectivity index (χ4n) is 4.23. The van der Waals surface area contributed by atoms with Crippen LogP contribution >= 0.6 is 11.6 Å². The molecule has 1 saturated heterocycles. The highest BCUT2D eigenvalue weighted by Gasteiger charge is 2.32. The summed E-state index contributed by atoms with van der Waals surface area (Å²) < 4.78 is 48.5. The van der Waals surface area contributed by atoms with Gasteiger partial charge in [-0.05, 0) is 55.9 Å². The van der Waals surface area contributed by atoms with Crippen LogP contribution in [-0.4, -0.2) is 75.2 Å². The summed E-state index contributed by atoms with van der Waals surface area (Å²) in [5.41, 5.74) is 3.16. The summed E-state index contributed by atoms with van der Waals surface area (Å²) in [5.74, 6) is -0.245. The van der Waals surface area contributed by atoms with Gasteiger partial charge in [-0.2, -0.15) is 10.1 Å². The summed E-state index contributed by atoms with van der Waals surface area (Å²) in [7, 11) is 2.04. The van der Waals surface area contributed by atoms with Crippen molar-refractivity contribution < 1.29 is 27.2 Å². The lowest BCUT2D eigenvalue weighted by atomic mass is 10.1. The highest BCUT2D eigenvalue weighted by molar-refractivity contribution is 6.32. The van der Waals surface area contributed by atoms with Crippen molar-refractivity contribution in [3.8, 4) is 28.7 Å². The topological polar surface area (TPSA) is 89.5 Å². The van der Waals surface area contributed by atoms with E-state index in [1.54, 1.807) is 10.7 Å². The molecule has 2 aromatic heterocycles. The number of hydrogen-bond donors (Lipinski definition) is 0. The molecule has 0 radical (unpaired) electrons. The van der Waals surface area contributed by atoms with E-state index >= 15 is 0 Å². The SMILES string of the molecule is Cc1cc(-c2nc(-c3ccc(OC(F)(F)F)c(Cl)c3)no2)nn1Cc1cccc(C(=O)N2CCN(C)CC2)c1. The molecule has 4 aromatic rings. The van der Waals surface area contributed by atoms with Crippen LogP contribution < -0.4 is 4.74 Å². The zero-order valence-corrected chi connectivity index (χ0v) is 21.8. The number of carbonyl (C=O) groups is 1. The van der Waals surface area contributed by atoms with Gasteiger partial charge in [0.25, 0.3) is 11.8 Å². The molecule has 9 nitrogen and oxygen atoms in total. The number of rotatable bonds is 6. The number of hydrogen-bond acceptors (Lipinski definition) is 7. The van der Waals surface area contributed by atoms with Crippen LogP contribution in [0.5, 0.6) is 5.75 Å². The van der Waals surface area contributed by atoms with E-state index < -0.39 is 12.1 Å². The summed E-state index contributed by atoms with van der Waals surface area (Å²) in [5, 5.41) is 8.24. The Balaban J connectivity index is 1.30. The highest BCUT2D eigenvalue weighted by Crippen LogP contribution is 2.33. The standard InChI is InChI=1S/C26H24ClF3N6O3/c1-16-12-21(24-31-23(33-39-24)18-6-7-22(20(27)14-18)38-26(28,29)30)32-36(16)15-17-4-3-5-19(13-17)25(37)35-10-8-34(2)9-11-35/h3-7,12-14H,8-11,15H2,1-2H3. The number of carbonyl (C=O) groups excluding carboxylic acids is 1. The monoisotopic (exact) mass is 560 g/mol. The molecular formula is C26H24ClF3N6O3. The summed E-state index contributed by atoms with van der Waals surface area (Å²) in [6.07, 6.45) is -4.86. The maximum atomic E-state index is 13.0. The lowest BCUT2D eigenvalue weighted by molar-refractivity contribution is -0.274. The number of ether oxygens (including phenoxy) is 1. The molecule has 0 unspecified atom stereocenters. The molecule has 39 heavy (non-hydrogen) atoms. The Morgan fingerprint density at radius 3 is 2.59 bits per heavy atom. The Hall–Kier alpha value is -3.90. The molecular weight excluding hydrogens is 537 g/mol. The van der Waals surface area contributed by atoms with Crippen LogP contribution in [0.2, 0.25) is 5.02 Å². The first-order valence-corrected chi connectivity index (χ1v) is 12.4. The largest absolute Gasteiger partial charge is 0.573 e. The second-order valence-corrected chi connectivity index (χ2v) is 9.65. The fourth-order valence-corrected chi connectivity index (χ4v) is 4.45. The summed E-state index contributed by atoms with van der Waals surface area (Å²) in [4.78, 5) is 21.4. The molecule has 0 atom stereocenters. The number of halogens is 4. The predicted molar refractivity (Wildman–Crippen MR) is 136 cm³/mol. The van der Waals surface area contributed by atoms with Crippen LogP contribution in [0.25, 0.3) is 23.0 Å². The average molecular weight is 561 g/mol. The fraction of sp³-hybridized carbons (Fsp3) is 0.308. The Morgan fingerprint density at radius 2 is 1.87 bits per heavy atom. The van der Waals surface area contributed by atoms with Crippen molar-refractivity contribution in [1.29, 1.82) is 0 Å². The van der Waals surface area contributed by atoms with Gasteiger partial charge in [0.05, 0.1) is 11.6 Å². The molecule has 1 fully saturated rings. The Bertz CT molecular complexity index is 1490. The first-order valence-electron chi connectivity index (χ1n) is 12.1. The van der Waals surface area contributed by atoms with Crippen molar-refractivity contribution in [3.63, 3.8) is 0 Å². The maximum Gasteiger partial charge on any atom is 0.573 e. The molecule has 0 aliphatic carbocycles. The third kappa shape index (κ3) is 6.23. The Morgan fingerprint density at radius 1 is 1.10 bits per heavy atom. The van der Waals surface area contributed by atoms with Crippen LogP contribution in [0, 0.1) is 6.92 Å². The summed E-state index contributed by atoms with van der Waals surface area (Å²) >= 11 is 5.94. The van der Waals surface area contributed by atoms with E-state index in [0.29, 0.717) is 36.5 Å². The van der Waals surface area contributed by atoms with E-state index in [0.717, 1.165) is 30.4 Å². The molecule has 3 heterocycles. The molecule has 5 rings (SSSR count). The smallest absolute Gasteiger partial charge is 0.404 e. The highest BCUT2D eigenvalue weighted by atomic mass is 35.5. The molecule has 13 heteroatoms. The second-order valence-electron chi connectivity index (χ2n) is 9.24. The lowest BCUT2D eigenvalue weighted by Crippen LogP contribution is -2.47. The first-order chi connectivity index (χ1) is 18.6. The Labute approximate surface area is 226 Å². The van der Waals surface area contributed by atoms with Crippen molar-refractivity contribution in [3.05, 3.63) is 70.4 Å². The molecule has 0 N–H and O–H groups in total. The van der Waals surface area contributed by atoms with E-state index in [1.807, 2.05) is 43.1 Å². The van der Waals surface area contributed by atoms with Gasteiger partial charge in [0.1, 0.15) is 5.75 Å². The van der Waals surface area contributed by atoms with E-state index in [2.05, 4.69) is 24.9 Å². The first kappa shape index (κ1) is 26.7. The Kier molecular flexibility index (Phi) is 7.32. The van der Waals surface area contributed by atoms with Crippen LogP contribution in [-0.2, 0) is 6.54 Å². The van der Waals surface area contributed by atoms with Gasteiger partial charge >= 0.3 is 6.36 Å². The predicted octanol–water partition coefficient (Wildman–Crippen LogP) is 4.90. The van der Waals surface area contributed by atoms with Gasteiger partial charge in [-0.3, -0.25) is 9.48 Å². The van der Waals surface area contributed by atoms with E-state index in [4.69, 9.17) is 16.1 Å². The van der Waals surface area contributed by atoms with E-state index in [-0.39, 0.29) is 22.6 Å². The van der Waals surface area contributed by atoms with Gasteiger partial charge in [0.2, 0.25) is 5.82 Å². The summed E-state index contributed by atoms with van der Waals surface area (Å²) in [6.45, 7) is 5.40. The third-order valence-electron chi connectivity index (χ3n) is 6.34. The number of aryl methyl sites for hydroxylation is 1. The minimum Gasteiger partial charge on any atom is -0.404 e. The minimum atomic E-state index is -4.86. The molecule has 2 aromatic carbocycles. The van der Waals surface area contributed by atoms with Crippen LogP contribution in [0.1, 0.15) is 21.6 Å². The van der Waals surface area contributed by atoms with Gasteiger partial charge in [0, 0.05) is 43.0 Å². The van der Waals surface area contributed by atoms with Crippen molar-refractivity contribution in [2.24, 2.45) is 0 Å². The molecule has 1 aliphatic heterocycles. The van der Waals surface area contributed by atoms with Gasteiger partial charge < -0.3 is 19.1 Å². The molecule has 0 spiro atoms. The number of alkyl halides is 3. The van der Waals surface area contributed by atoms with Crippen molar-refractivity contribution in [1.82, 2.24) is 29.7 Å². The van der Waals surface area contributed by atoms with Crippen LogP contribution in [0.3, 0.4) is 0 Å². The minimum absolute atomic E-state index is 0.0133. The quantitative estimate of drug-likeness (QED) is 0.331. The van der Waals surface area contributed by atoms with Crippen molar-refractivity contribution >= 4 is 17.5 Å². The summed E-state index contributed by atoms with van der Waals surface area (Å²) in [6, 6.07) is 13.0. The molecule has 1 amide bonds. The van der Waals surface area contributed by atoms with Crippen LogP contribution in [0.4, 0.5) is 13.2 Å². The third-order valence-corrected chi connectivity index (χ3v) is 6.63. The number of likely N-dealkylation sites (N-methyl/N-ethyl adjacent to an activating group) is 1. The lowest BCUT2D eigenvalue weighted by Gasteiger charge is -2.32. The number of nitrogens with zero attached hydrogens (tertiary/aromatic N) is 6. The normalized spacial score (nSPS) is 14.6. The van der Waals surface area contributed by atoms with Crippen molar-refractivity contribution in [2.75, 3.05) is 33.2 Å². The second kappa shape index (κ2) is 10.7. The van der Waals surface area contributed by atoms with E-state index in [9.17, 15) is 18.0 Å².